The lowest BCUT2D eigenvalue weighted by atomic mass is 9.78. The molecule has 1 N–H and O–H groups in total. The van der Waals surface area contributed by atoms with Gasteiger partial charge in [0.2, 0.25) is 0 Å². The van der Waals surface area contributed by atoms with Crippen LogP contribution in [0.3, 0.4) is 0 Å². The Morgan fingerprint density at radius 2 is 1.85 bits per heavy atom. The zero-order valence-corrected chi connectivity index (χ0v) is 12.0. The molecule has 0 aromatic heterocycles. The van der Waals surface area contributed by atoms with Gasteiger partial charge in [-0.05, 0) is 36.1 Å². The molecule has 2 heteroatoms. The second kappa shape index (κ2) is 4.57. The van der Waals surface area contributed by atoms with Crippen molar-refractivity contribution in [2.75, 3.05) is 19.8 Å². The highest BCUT2D eigenvalue weighted by Crippen LogP contribution is 2.34. The molecule has 0 bridgehead atoms. The Labute approximate surface area is 120 Å². The van der Waals surface area contributed by atoms with Crippen LogP contribution >= 0.6 is 0 Å². The summed E-state index contributed by atoms with van der Waals surface area (Å²) >= 11 is 0. The van der Waals surface area contributed by atoms with E-state index in [1.807, 2.05) is 0 Å². The van der Waals surface area contributed by atoms with Crippen molar-refractivity contribution in [2.24, 2.45) is 0 Å². The van der Waals surface area contributed by atoms with E-state index in [0.717, 1.165) is 25.8 Å². The minimum atomic E-state index is 0.196. The Balaban J connectivity index is 1.66. The average Bonchev–Trinajstić information content (AvgIpc) is 3.21. The summed E-state index contributed by atoms with van der Waals surface area (Å²) in [6, 6.07) is 14.3. The Morgan fingerprint density at radius 1 is 1.10 bits per heavy atom. The molecule has 2 nitrogen and oxygen atoms in total. The van der Waals surface area contributed by atoms with Gasteiger partial charge in [-0.1, -0.05) is 42.0 Å². The van der Waals surface area contributed by atoms with Gasteiger partial charge in [-0.25, -0.2) is 0 Å². The first-order chi connectivity index (χ1) is 9.75. The zero-order chi connectivity index (χ0) is 13.6. The molecule has 2 aromatic rings. The van der Waals surface area contributed by atoms with Crippen LogP contribution in [-0.2, 0) is 10.2 Å². The van der Waals surface area contributed by atoms with E-state index in [9.17, 15) is 0 Å². The van der Waals surface area contributed by atoms with Gasteiger partial charge in [0.25, 0.3) is 0 Å². The van der Waals surface area contributed by atoms with Crippen molar-refractivity contribution >= 4 is 10.8 Å². The van der Waals surface area contributed by atoms with Gasteiger partial charge < -0.3 is 10.1 Å². The fraction of sp³-hybridized carbons (Fsp3) is 0.444. The minimum Gasteiger partial charge on any atom is -0.379 e. The number of aryl methyl sites for hydroxylation is 1. The van der Waals surface area contributed by atoms with E-state index in [0.29, 0.717) is 0 Å². The lowest BCUT2D eigenvalue weighted by Gasteiger charge is -2.42. The number of hydrogen-bond donors (Lipinski definition) is 1. The maximum atomic E-state index is 5.54. The summed E-state index contributed by atoms with van der Waals surface area (Å²) in [6.45, 7) is 4.90. The first kappa shape index (κ1) is 12.4. The van der Waals surface area contributed by atoms with Crippen molar-refractivity contribution in [2.45, 2.75) is 31.2 Å². The van der Waals surface area contributed by atoms with Crippen molar-refractivity contribution in [1.29, 1.82) is 0 Å². The van der Waals surface area contributed by atoms with Gasteiger partial charge in [0.05, 0.1) is 18.6 Å². The van der Waals surface area contributed by atoms with Crippen LogP contribution in [0.2, 0.25) is 0 Å². The third-order valence-corrected chi connectivity index (χ3v) is 4.67. The first-order valence-electron chi connectivity index (χ1n) is 7.57. The summed E-state index contributed by atoms with van der Waals surface area (Å²) in [5.41, 5.74) is 2.94. The lowest BCUT2D eigenvalue weighted by molar-refractivity contribution is -0.0591. The van der Waals surface area contributed by atoms with Crippen LogP contribution < -0.4 is 5.32 Å². The molecule has 0 unspecified atom stereocenters. The van der Waals surface area contributed by atoms with Gasteiger partial charge in [0.1, 0.15) is 0 Å². The molecular weight excluding hydrogens is 246 g/mol. The third-order valence-electron chi connectivity index (χ3n) is 4.67. The van der Waals surface area contributed by atoms with Crippen LogP contribution in [-0.4, -0.2) is 25.8 Å². The van der Waals surface area contributed by atoms with Crippen LogP contribution in [0.15, 0.2) is 36.4 Å². The molecule has 104 valence electrons. The second-order valence-corrected chi connectivity index (χ2v) is 6.49. The van der Waals surface area contributed by atoms with Gasteiger partial charge in [-0.2, -0.15) is 0 Å². The number of fused-ring (bicyclic) bond motifs is 1. The predicted molar refractivity (Wildman–Crippen MR) is 82.2 cm³/mol. The highest BCUT2D eigenvalue weighted by atomic mass is 16.5. The number of rotatable bonds is 4. The summed E-state index contributed by atoms with van der Waals surface area (Å²) in [6.07, 6.45) is 2.68. The van der Waals surface area contributed by atoms with Crippen LogP contribution in [0.4, 0.5) is 0 Å². The van der Waals surface area contributed by atoms with Crippen molar-refractivity contribution in [1.82, 2.24) is 5.32 Å². The van der Waals surface area contributed by atoms with Gasteiger partial charge in [-0.15, -0.1) is 0 Å². The molecule has 0 radical (unpaired) electrons. The van der Waals surface area contributed by atoms with Crippen LogP contribution in [0.25, 0.3) is 10.8 Å². The molecule has 2 aromatic carbocycles. The van der Waals surface area contributed by atoms with Crippen LogP contribution in [0.1, 0.15) is 24.0 Å². The van der Waals surface area contributed by atoms with E-state index in [2.05, 4.69) is 48.6 Å². The topological polar surface area (TPSA) is 21.3 Å². The predicted octanol–water partition coefficient (Wildman–Crippen LogP) is 3.17. The van der Waals surface area contributed by atoms with E-state index in [4.69, 9.17) is 4.74 Å². The van der Waals surface area contributed by atoms with Gasteiger partial charge in [0, 0.05) is 12.6 Å². The number of ether oxygens (including phenoxy) is 1. The summed E-state index contributed by atoms with van der Waals surface area (Å²) in [5.74, 6) is 0. The number of benzene rings is 2. The molecule has 4 rings (SSSR count). The summed E-state index contributed by atoms with van der Waals surface area (Å²) < 4.78 is 5.54. The molecule has 2 fully saturated rings. The Hall–Kier alpha value is -1.38. The van der Waals surface area contributed by atoms with E-state index < -0.39 is 0 Å². The molecule has 1 saturated carbocycles. The molecule has 1 heterocycles. The Bertz CT molecular complexity index is 641. The lowest BCUT2D eigenvalue weighted by Crippen LogP contribution is -2.53. The van der Waals surface area contributed by atoms with E-state index in [1.165, 1.54) is 34.7 Å². The fourth-order valence-electron chi connectivity index (χ4n) is 3.04. The summed E-state index contributed by atoms with van der Waals surface area (Å²) in [7, 11) is 0. The number of nitrogens with one attached hydrogen (secondary N) is 1. The summed E-state index contributed by atoms with van der Waals surface area (Å²) in [4.78, 5) is 0. The smallest absolute Gasteiger partial charge is 0.0598 e. The van der Waals surface area contributed by atoms with Crippen molar-refractivity contribution in [3.8, 4) is 0 Å². The molecule has 0 spiro atoms. The van der Waals surface area contributed by atoms with Gasteiger partial charge in [-0.3, -0.25) is 0 Å². The quantitative estimate of drug-likeness (QED) is 0.918. The number of hydrogen-bond acceptors (Lipinski definition) is 2. The van der Waals surface area contributed by atoms with Crippen molar-refractivity contribution < 1.29 is 4.74 Å². The van der Waals surface area contributed by atoms with Crippen LogP contribution in [0, 0.1) is 6.92 Å². The molecule has 0 amide bonds. The van der Waals surface area contributed by atoms with Gasteiger partial charge in [0.15, 0.2) is 0 Å². The SMILES string of the molecule is Cc1ccc2cc(C3(CNC4CC4)COC3)ccc2c1. The largest absolute Gasteiger partial charge is 0.379 e. The Morgan fingerprint density at radius 3 is 2.55 bits per heavy atom. The second-order valence-electron chi connectivity index (χ2n) is 6.49. The summed E-state index contributed by atoms with van der Waals surface area (Å²) in [5, 5.41) is 6.35. The minimum absolute atomic E-state index is 0.196. The molecule has 1 saturated heterocycles. The highest BCUT2D eigenvalue weighted by molar-refractivity contribution is 5.84. The third kappa shape index (κ3) is 2.13. The molecule has 1 aliphatic carbocycles. The monoisotopic (exact) mass is 267 g/mol. The molecular formula is C18H21NO. The first-order valence-corrected chi connectivity index (χ1v) is 7.57. The Kier molecular flexibility index (Phi) is 2.83. The molecule has 20 heavy (non-hydrogen) atoms. The fourth-order valence-corrected chi connectivity index (χ4v) is 3.04. The molecule has 1 aliphatic heterocycles. The average molecular weight is 267 g/mol. The van der Waals surface area contributed by atoms with Crippen LogP contribution in [0.5, 0.6) is 0 Å². The van der Waals surface area contributed by atoms with E-state index in [-0.39, 0.29) is 5.41 Å². The van der Waals surface area contributed by atoms with Crippen molar-refractivity contribution in [3.05, 3.63) is 47.5 Å². The maximum absolute atomic E-state index is 5.54. The van der Waals surface area contributed by atoms with E-state index >= 15 is 0 Å². The standard InChI is InChI=1S/C18H21NO/c1-13-2-3-15-9-16(5-4-14(15)8-13)18(11-20-12-18)10-19-17-6-7-17/h2-5,8-9,17,19H,6-7,10-12H2,1H3. The van der Waals surface area contributed by atoms with Gasteiger partial charge >= 0.3 is 0 Å². The van der Waals surface area contributed by atoms with Crippen molar-refractivity contribution in [3.63, 3.8) is 0 Å². The molecule has 0 atom stereocenters. The zero-order valence-electron chi connectivity index (χ0n) is 12.0. The molecule has 2 aliphatic rings. The maximum Gasteiger partial charge on any atom is 0.0598 e. The highest BCUT2D eigenvalue weighted by Gasteiger charge is 2.41. The normalized spacial score (nSPS) is 20.9. The van der Waals surface area contributed by atoms with E-state index in [1.54, 1.807) is 0 Å².